The summed E-state index contributed by atoms with van der Waals surface area (Å²) in [6.45, 7) is 0.562. The van der Waals surface area contributed by atoms with Gasteiger partial charge in [0, 0.05) is 30.6 Å². The van der Waals surface area contributed by atoms with Gasteiger partial charge >= 0.3 is 6.36 Å². The number of amides is 2. The van der Waals surface area contributed by atoms with E-state index in [0.29, 0.717) is 42.3 Å². The van der Waals surface area contributed by atoms with Crippen molar-refractivity contribution >= 4 is 51.3 Å². The predicted octanol–water partition coefficient (Wildman–Crippen LogP) is 3.66. The van der Waals surface area contributed by atoms with Gasteiger partial charge in [0.05, 0.1) is 11.5 Å². The number of thiocarbonyl (C=S) groups is 1. The van der Waals surface area contributed by atoms with Crippen molar-refractivity contribution < 1.29 is 31.9 Å². The number of thiophene rings is 1. The number of alkyl halides is 4. The number of hydrogen-bond donors (Lipinski definition) is 4. The van der Waals surface area contributed by atoms with Crippen molar-refractivity contribution in [2.24, 2.45) is 18.9 Å². The molecule has 0 aromatic carbocycles. The normalized spacial score (nSPS) is 22.3. The molecule has 2 fully saturated rings. The summed E-state index contributed by atoms with van der Waals surface area (Å²) >= 11 is 6.71. The molecule has 2 aromatic rings. The minimum absolute atomic E-state index is 0.172. The molecule has 0 saturated heterocycles. The van der Waals surface area contributed by atoms with Gasteiger partial charge in [0.1, 0.15) is 17.0 Å². The number of rotatable bonds is 8. The Hall–Kier alpha value is -2.94. The van der Waals surface area contributed by atoms with E-state index in [0.717, 1.165) is 29.3 Å². The summed E-state index contributed by atoms with van der Waals surface area (Å²) in [5.74, 6) is -1.32. The number of carbonyl (C=O) groups excluding carboxylic acids is 2. The van der Waals surface area contributed by atoms with Crippen molar-refractivity contribution in [3.05, 3.63) is 22.1 Å². The number of aromatic nitrogens is 2. The van der Waals surface area contributed by atoms with E-state index in [1.165, 1.54) is 23.1 Å². The van der Waals surface area contributed by atoms with Crippen LogP contribution in [0.3, 0.4) is 0 Å². The molecule has 3 aliphatic rings. The summed E-state index contributed by atoms with van der Waals surface area (Å²) in [7, 11) is 1.45. The third-order valence-corrected chi connectivity index (χ3v) is 8.10. The van der Waals surface area contributed by atoms with E-state index in [1.54, 1.807) is 0 Å². The number of ether oxygens (including phenoxy) is 1. The highest BCUT2D eigenvalue weighted by Gasteiger charge is 2.44. The lowest BCUT2D eigenvalue weighted by molar-refractivity contribution is -0.276. The van der Waals surface area contributed by atoms with Crippen LogP contribution in [0.5, 0.6) is 5.88 Å². The summed E-state index contributed by atoms with van der Waals surface area (Å²) in [5, 5.41) is 16.0. The van der Waals surface area contributed by atoms with Crippen LogP contribution in [-0.2, 0) is 24.7 Å². The topological polar surface area (TPSA) is 109 Å². The molecule has 2 heterocycles. The van der Waals surface area contributed by atoms with E-state index < -0.39 is 30.2 Å². The molecule has 2 saturated carbocycles. The molecule has 2 amide bonds. The van der Waals surface area contributed by atoms with Gasteiger partial charge in [-0.05, 0) is 62.2 Å². The molecule has 15 heteroatoms. The van der Waals surface area contributed by atoms with E-state index in [2.05, 4.69) is 31.1 Å². The number of halogens is 4. The van der Waals surface area contributed by atoms with Crippen molar-refractivity contribution in [3.8, 4) is 5.88 Å². The van der Waals surface area contributed by atoms with Gasteiger partial charge in [-0.15, -0.1) is 29.6 Å². The van der Waals surface area contributed by atoms with Gasteiger partial charge in [0.25, 0.3) is 5.91 Å². The molecule has 0 radical (unpaired) electrons. The maximum absolute atomic E-state index is 13.4. The van der Waals surface area contributed by atoms with Crippen LogP contribution in [0.1, 0.15) is 46.5 Å². The molecule has 0 aliphatic heterocycles. The zero-order chi connectivity index (χ0) is 27.2. The predicted molar refractivity (Wildman–Crippen MR) is 136 cm³/mol. The molecule has 0 unspecified atom stereocenters. The lowest BCUT2D eigenvalue weighted by Crippen LogP contribution is -2.41. The number of nitrogens with one attached hydrogen (secondary N) is 4. The number of hydrogen-bond acceptors (Lipinski definition) is 6. The van der Waals surface area contributed by atoms with Crippen molar-refractivity contribution in [3.63, 3.8) is 0 Å². The third-order valence-electron chi connectivity index (χ3n) is 6.68. The van der Waals surface area contributed by atoms with Crippen LogP contribution in [0.15, 0.2) is 6.07 Å². The maximum atomic E-state index is 13.4. The van der Waals surface area contributed by atoms with Gasteiger partial charge < -0.3 is 26.0 Å². The summed E-state index contributed by atoms with van der Waals surface area (Å²) in [4.78, 5) is 26.6. The molecule has 5 rings (SSSR count). The fourth-order valence-corrected chi connectivity index (χ4v) is 5.90. The summed E-state index contributed by atoms with van der Waals surface area (Å²) in [5.41, 5.74) is 1.21. The van der Waals surface area contributed by atoms with E-state index in [1.807, 2.05) is 0 Å². The Kier molecular flexibility index (Phi) is 7.24. The number of anilines is 2. The van der Waals surface area contributed by atoms with Gasteiger partial charge in [-0.25, -0.2) is 9.07 Å². The van der Waals surface area contributed by atoms with Crippen molar-refractivity contribution in [1.82, 2.24) is 20.4 Å². The van der Waals surface area contributed by atoms with Crippen molar-refractivity contribution in [2.75, 3.05) is 17.2 Å². The van der Waals surface area contributed by atoms with E-state index >= 15 is 0 Å². The van der Waals surface area contributed by atoms with Crippen molar-refractivity contribution in [1.29, 1.82) is 0 Å². The lowest BCUT2D eigenvalue weighted by Gasteiger charge is -2.25. The summed E-state index contributed by atoms with van der Waals surface area (Å²) in [6.07, 6.45) is -1.93. The lowest BCUT2D eigenvalue weighted by atomic mass is 9.91. The second-order valence-electron chi connectivity index (χ2n) is 9.79. The minimum atomic E-state index is -4.86. The highest BCUT2D eigenvalue weighted by atomic mass is 32.1. The molecular formula is C23H26F4N6O3S2. The summed E-state index contributed by atoms with van der Waals surface area (Å²) in [6, 6.07) is 0.909. The van der Waals surface area contributed by atoms with Gasteiger partial charge in [0.15, 0.2) is 5.11 Å². The molecule has 2 aromatic heterocycles. The van der Waals surface area contributed by atoms with Crippen LogP contribution < -0.4 is 26.0 Å². The van der Waals surface area contributed by atoms with Gasteiger partial charge in [-0.1, -0.05) is 0 Å². The quantitative estimate of drug-likeness (QED) is 0.282. The van der Waals surface area contributed by atoms with Gasteiger partial charge in [0.2, 0.25) is 11.8 Å². The Morgan fingerprint density at radius 1 is 1.26 bits per heavy atom. The Labute approximate surface area is 224 Å². The first kappa shape index (κ1) is 26.7. The Balaban J connectivity index is 1.27. The SMILES string of the molecule is Cn1nc(OC(F)(F)F)cc1NC(=S)N[C@H]1CCc2sc(NC(=O)[C@H]3C[C@H]3F)c(C(=O)NCC3CC3)c2C1. The Bertz CT molecular complexity index is 1260. The average molecular weight is 575 g/mol. The largest absolute Gasteiger partial charge is 0.574 e. The van der Waals surface area contributed by atoms with E-state index in [9.17, 15) is 27.2 Å². The van der Waals surface area contributed by atoms with Crippen LogP contribution >= 0.6 is 23.6 Å². The van der Waals surface area contributed by atoms with Crippen LogP contribution in [0, 0.1) is 11.8 Å². The first-order valence-corrected chi connectivity index (χ1v) is 13.4. The molecule has 0 bridgehead atoms. The molecule has 0 spiro atoms. The molecule has 206 valence electrons. The number of aryl methyl sites for hydroxylation is 2. The zero-order valence-corrected chi connectivity index (χ0v) is 21.9. The highest BCUT2D eigenvalue weighted by molar-refractivity contribution is 7.80. The average Bonchev–Trinajstić information content (AvgIpc) is 3.72. The second kappa shape index (κ2) is 10.3. The van der Waals surface area contributed by atoms with E-state index in [-0.39, 0.29) is 29.3 Å². The number of nitrogens with zero attached hydrogens (tertiary/aromatic N) is 2. The third kappa shape index (κ3) is 6.37. The van der Waals surface area contributed by atoms with Crippen LogP contribution in [0.4, 0.5) is 28.4 Å². The van der Waals surface area contributed by atoms with Gasteiger partial charge in [-0.2, -0.15) is 0 Å². The molecule has 3 aliphatic carbocycles. The highest BCUT2D eigenvalue weighted by Crippen LogP contribution is 2.41. The maximum Gasteiger partial charge on any atom is 0.574 e. The fourth-order valence-electron chi connectivity index (χ4n) is 4.39. The van der Waals surface area contributed by atoms with Crippen LogP contribution in [-0.4, -0.2) is 51.8 Å². The van der Waals surface area contributed by atoms with E-state index in [4.69, 9.17) is 12.2 Å². The number of carbonyl (C=O) groups is 2. The number of fused-ring (bicyclic) bond motifs is 1. The van der Waals surface area contributed by atoms with Crippen molar-refractivity contribution in [2.45, 2.75) is 57.1 Å². The second-order valence-corrected chi connectivity index (χ2v) is 11.3. The van der Waals surface area contributed by atoms with Crippen LogP contribution in [0.2, 0.25) is 0 Å². The van der Waals surface area contributed by atoms with Gasteiger partial charge in [-0.3, -0.25) is 9.59 Å². The standard InChI is InChI=1S/C23H26F4N6O3S2/c1-33-16(8-17(32-33)36-23(25,26)27)30-22(37)29-11-4-5-15-13(6-11)18(20(35)28-9-10-2-3-10)21(38-15)31-19(34)12-7-14(12)24/h8,10-12,14H,2-7,9H2,1H3,(H,28,35)(H,31,34)(H2,29,30,37)/t11-,12-,14+/m0/s1. The fraction of sp³-hybridized carbons (Fsp3) is 0.565. The molecular weight excluding hydrogens is 548 g/mol. The first-order chi connectivity index (χ1) is 18.0. The molecule has 9 nitrogen and oxygen atoms in total. The Morgan fingerprint density at radius 2 is 2.00 bits per heavy atom. The van der Waals surface area contributed by atoms with Crippen LogP contribution in [0.25, 0.3) is 0 Å². The molecule has 4 N–H and O–H groups in total. The Morgan fingerprint density at radius 3 is 2.66 bits per heavy atom. The zero-order valence-electron chi connectivity index (χ0n) is 20.3. The smallest absolute Gasteiger partial charge is 0.386 e. The first-order valence-electron chi connectivity index (χ1n) is 12.2. The summed E-state index contributed by atoms with van der Waals surface area (Å²) < 4.78 is 55.9. The molecule has 3 atom stereocenters. The molecule has 38 heavy (non-hydrogen) atoms. The minimum Gasteiger partial charge on any atom is -0.386 e. The monoisotopic (exact) mass is 574 g/mol.